The highest BCUT2D eigenvalue weighted by molar-refractivity contribution is 5.97. The molecule has 146 valence electrons. The van der Waals surface area contributed by atoms with Crippen molar-refractivity contribution >= 4 is 17.8 Å². The predicted molar refractivity (Wildman–Crippen MR) is 102 cm³/mol. The summed E-state index contributed by atoms with van der Waals surface area (Å²) in [5, 5.41) is 3.23. The normalized spacial score (nSPS) is 24.3. The molecule has 7 heteroatoms. The molecule has 1 aromatic heterocycles. The number of pyridine rings is 1. The molecule has 4 rings (SSSR count). The van der Waals surface area contributed by atoms with Crippen LogP contribution in [0.15, 0.2) is 12.3 Å². The molecule has 0 radical (unpaired) electrons. The van der Waals surface area contributed by atoms with Crippen molar-refractivity contribution in [1.82, 2.24) is 14.8 Å². The zero-order valence-electron chi connectivity index (χ0n) is 16.3. The lowest BCUT2D eigenvalue weighted by atomic mass is 9.91. The number of aromatic nitrogens is 1. The van der Waals surface area contributed by atoms with Gasteiger partial charge in [0.25, 0.3) is 5.91 Å². The maximum Gasteiger partial charge on any atom is 0.410 e. The second-order valence-electron chi connectivity index (χ2n) is 8.69. The molecule has 0 saturated carbocycles. The second-order valence-corrected chi connectivity index (χ2v) is 8.69. The fourth-order valence-corrected chi connectivity index (χ4v) is 4.45. The first-order valence-electron chi connectivity index (χ1n) is 9.84. The summed E-state index contributed by atoms with van der Waals surface area (Å²) >= 11 is 0. The van der Waals surface area contributed by atoms with Gasteiger partial charge in [0.1, 0.15) is 11.4 Å². The van der Waals surface area contributed by atoms with Crippen molar-refractivity contribution in [3.05, 3.63) is 23.4 Å². The van der Waals surface area contributed by atoms with Gasteiger partial charge in [0.05, 0.1) is 6.04 Å². The van der Waals surface area contributed by atoms with Crippen LogP contribution in [0.5, 0.6) is 0 Å². The van der Waals surface area contributed by atoms with E-state index in [1.54, 1.807) is 6.20 Å². The summed E-state index contributed by atoms with van der Waals surface area (Å²) in [5.74, 6) is 1.32. The minimum Gasteiger partial charge on any atom is -0.444 e. The van der Waals surface area contributed by atoms with Crippen LogP contribution in [0.25, 0.3) is 0 Å². The highest BCUT2D eigenvalue weighted by Crippen LogP contribution is 2.34. The molecule has 27 heavy (non-hydrogen) atoms. The Kier molecular flexibility index (Phi) is 4.48. The van der Waals surface area contributed by atoms with E-state index < -0.39 is 5.60 Å². The van der Waals surface area contributed by atoms with Crippen LogP contribution in [0.1, 0.15) is 49.5 Å². The average molecular weight is 372 g/mol. The van der Waals surface area contributed by atoms with Gasteiger partial charge in [0, 0.05) is 43.5 Å². The van der Waals surface area contributed by atoms with Crippen molar-refractivity contribution in [1.29, 1.82) is 0 Å². The summed E-state index contributed by atoms with van der Waals surface area (Å²) < 4.78 is 5.58. The molecule has 2 fully saturated rings. The molecule has 0 unspecified atom stereocenters. The molecule has 4 heterocycles. The van der Waals surface area contributed by atoms with E-state index in [2.05, 4.69) is 10.3 Å². The van der Waals surface area contributed by atoms with Crippen LogP contribution in [0.3, 0.4) is 0 Å². The number of nitrogens with one attached hydrogen (secondary N) is 1. The Labute approximate surface area is 160 Å². The molecule has 0 aromatic carbocycles. The number of amides is 2. The third kappa shape index (κ3) is 3.47. The van der Waals surface area contributed by atoms with Crippen LogP contribution < -0.4 is 5.32 Å². The van der Waals surface area contributed by atoms with Crippen LogP contribution >= 0.6 is 0 Å². The van der Waals surface area contributed by atoms with Gasteiger partial charge in [0.15, 0.2) is 0 Å². The van der Waals surface area contributed by atoms with Crippen LogP contribution in [0.2, 0.25) is 0 Å². The molecule has 2 saturated heterocycles. The first-order chi connectivity index (χ1) is 12.8. The topological polar surface area (TPSA) is 74.8 Å². The van der Waals surface area contributed by atoms with E-state index in [1.165, 1.54) is 0 Å². The SMILES string of the molecule is CC(C)(C)OC(=O)N1CC[C@@H]2CCN(C(=O)c3ccnc4c3CCN4)C[C@@H]21. The van der Waals surface area contributed by atoms with Gasteiger partial charge in [-0.3, -0.25) is 4.79 Å². The molecule has 0 bridgehead atoms. The van der Waals surface area contributed by atoms with Crippen molar-refractivity contribution in [2.75, 3.05) is 31.5 Å². The molecule has 3 aliphatic heterocycles. The lowest BCUT2D eigenvalue weighted by molar-refractivity contribution is 0.0122. The van der Waals surface area contributed by atoms with Crippen molar-refractivity contribution in [2.45, 2.75) is 51.7 Å². The van der Waals surface area contributed by atoms with E-state index in [1.807, 2.05) is 36.6 Å². The van der Waals surface area contributed by atoms with Gasteiger partial charge in [-0.2, -0.15) is 0 Å². The molecule has 7 nitrogen and oxygen atoms in total. The number of likely N-dealkylation sites (tertiary alicyclic amines) is 2. The number of hydrogen-bond acceptors (Lipinski definition) is 5. The Morgan fingerprint density at radius 1 is 1.26 bits per heavy atom. The fourth-order valence-electron chi connectivity index (χ4n) is 4.45. The van der Waals surface area contributed by atoms with Gasteiger partial charge in [-0.15, -0.1) is 0 Å². The molecule has 3 aliphatic rings. The maximum atomic E-state index is 13.2. The standard InChI is InChI=1S/C20H28N4O3/c1-20(2,3)27-19(26)24-11-7-13-6-10-23(12-16(13)24)18(25)15-5-9-22-17-14(15)4-8-21-17/h5,9,13,16H,4,6-8,10-12H2,1-3H3,(H,21,22)/t13-,16-/m0/s1. The van der Waals surface area contributed by atoms with E-state index in [9.17, 15) is 9.59 Å². The highest BCUT2D eigenvalue weighted by Gasteiger charge is 2.43. The summed E-state index contributed by atoms with van der Waals surface area (Å²) in [5.41, 5.74) is 1.24. The highest BCUT2D eigenvalue weighted by atomic mass is 16.6. The molecular weight excluding hydrogens is 344 g/mol. The van der Waals surface area contributed by atoms with E-state index in [-0.39, 0.29) is 18.0 Å². The molecular formula is C20H28N4O3. The van der Waals surface area contributed by atoms with Gasteiger partial charge < -0.3 is 19.9 Å². The summed E-state index contributed by atoms with van der Waals surface area (Å²) in [6.07, 6.45) is 4.17. The number of nitrogens with zero attached hydrogens (tertiary/aromatic N) is 3. The average Bonchev–Trinajstić information content (AvgIpc) is 3.25. The zero-order valence-corrected chi connectivity index (χ0v) is 16.3. The van der Waals surface area contributed by atoms with Gasteiger partial charge in [-0.25, -0.2) is 9.78 Å². The number of rotatable bonds is 1. The Hall–Kier alpha value is -2.31. The fraction of sp³-hybridized carbons (Fsp3) is 0.650. The minimum atomic E-state index is -0.510. The van der Waals surface area contributed by atoms with Crippen molar-refractivity contribution in [2.24, 2.45) is 5.92 Å². The number of fused-ring (bicyclic) bond motifs is 2. The third-order valence-corrected chi connectivity index (χ3v) is 5.73. The van der Waals surface area contributed by atoms with Crippen molar-refractivity contribution in [3.63, 3.8) is 0 Å². The zero-order chi connectivity index (χ0) is 19.2. The Morgan fingerprint density at radius 2 is 2.04 bits per heavy atom. The van der Waals surface area contributed by atoms with Gasteiger partial charge in [-0.1, -0.05) is 0 Å². The molecule has 2 amide bonds. The number of carbonyl (C=O) groups is 2. The number of hydrogen-bond donors (Lipinski definition) is 1. The summed E-state index contributed by atoms with van der Waals surface area (Å²) in [6, 6.07) is 1.87. The van der Waals surface area contributed by atoms with Gasteiger partial charge in [-0.05, 0) is 52.0 Å². The van der Waals surface area contributed by atoms with Crippen molar-refractivity contribution in [3.8, 4) is 0 Å². The maximum absolute atomic E-state index is 13.2. The van der Waals surface area contributed by atoms with Gasteiger partial charge >= 0.3 is 6.09 Å². The molecule has 0 aliphatic carbocycles. The number of piperidine rings is 1. The number of ether oxygens (including phenoxy) is 1. The molecule has 2 atom stereocenters. The molecule has 1 N–H and O–H groups in total. The summed E-state index contributed by atoms with van der Waals surface area (Å²) in [4.78, 5) is 33.8. The van der Waals surface area contributed by atoms with Crippen molar-refractivity contribution < 1.29 is 14.3 Å². The minimum absolute atomic E-state index is 0.0468. The van der Waals surface area contributed by atoms with E-state index in [4.69, 9.17) is 4.74 Å². The molecule has 0 spiro atoms. The largest absolute Gasteiger partial charge is 0.444 e. The third-order valence-electron chi connectivity index (χ3n) is 5.73. The monoisotopic (exact) mass is 372 g/mol. The quantitative estimate of drug-likeness (QED) is 0.820. The lowest BCUT2D eigenvalue weighted by Crippen LogP contribution is -2.52. The number of anilines is 1. The van der Waals surface area contributed by atoms with E-state index in [0.29, 0.717) is 19.0 Å². The first-order valence-corrected chi connectivity index (χ1v) is 9.84. The van der Waals surface area contributed by atoms with Crippen LogP contribution in [0.4, 0.5) is 10.6 Å². The second kappa shape index (κ2) is 6.69. The number of carbonyl (C=O) groups excluding carboxylic acids is 2. The molecule has 1 aromatic rings. The first kappa shape index (κ1) is 18.1. The van der Waals surface area contributed by atoms with E-state index in [0.717, 1.165) is 49.3 Å². The van der Waals surface area contributed by atoms with Crippen LogP contribution in [-0.4, -0.2) is 64.6 Å². The summed E-state index contributed by atoms with van der Waals surface area (Å²) in [6.45, 7) is 8.50. The predicted octanol–water partition coefficient (Wildman–Crippen LogP) is 2.52. The van der Waals surface area contributed by atoms with Crippen LogP contribution in [0, 0.1) is 5.92 Å². The lowest BCUT2D eigenvalue weighted by Gasteiger charge is -2.39. The van der Waals surface area contributed by atoms with E-state index >= 15 is 0 Å². The Bertz CT molecular complexity index is 758. The van der Waals surface area contributed by atoms with Gasteiger partial charge in [0.2, 0.25) is 0 Å². The Morgan fingerprint density at radius 3 is 2.81 bits per heavy atom. The smallest absolute Gasteiger partial charge is 0.410 e. The van der Waals surface area contributed by atoms with Crippen LogP contribution in [-0.2, 0) is 11.2 Å². The summed E-state index contributed by atoms with van der Waals surface area (Å²) in [7, 11) is 0. The Balaban J connectivity index is 1.50.